The van der Waals surface area contributed by atoms with E-state index in [1.165, 1.54) is 11.3 Å². The van der Waals surface area contributed by atoms with Gasteiger partial charge in [-0.2, -0.15) is 0 Å². The average molecular weight is 658 g/mol. The van der Waals surface area contributed by atoms with Crippen molar-refractivity contribution in [3.63, 3.8) is 0 Å². The molecule has 1 aliphatic heterocycles. The number of aliphatic carboxylic acids is 1. The van der Waals surface area contributed by atoms with Gasteiger partial charge in [-0.3, -0.25) is 24.0 Å². The van der Waals surface area contributed by atoms with Gasteiger partial charge in [-0.1, -0.05) is 91.5 Å². The largest absolute Gasteiger partial charge is 0.480 e. The van der Waals surface area contributed by atoms with E-state index in [9.17, 15) is 28.8 Å². The van der Waals surface area contributed by atoms with Gasteiger partial charge in [0.1, 0.15) is 18.6 Å². The molecule has 12 nitrogen and oxygen atoms in total. The molecule has 4 rings (SSSR count). The fourth-order valence-corrected chi connectivity index (χ4v) is 6.05. The number of rotatable bonds is 11. The van der Waals surface area contributed by atoms with Gasteiger partial charge in [-0.15, -0.1) is 0 Å². The number of hydrogen-bond acceptors (Lipinski definition) is 6. The van der Waals surface area contributed by atoms with Crippen molar-refractivity contribution >= 4 is 35.5 Å². The van der Waals surface area contributed by atoms with Gasteiger partial charge in [0.05, 0.1) is 6.04 Å². The van der Waals surface area contributed by atoms with Crippen molar-refractivity contribution in [3.05, 3.63) is 35.4 Å². The number of ketones is 1. The molecule has 0 spiro atoms. The fourth-order valence-electron chi connectivity index (χ4n) is 6.05. The number of nitrogens with two attached hydrogens (primary N) is 1. The van der Waals surface area contributed by atoms with Crippen LogP contribution in [-0.2, 0) is 36.8 Å². The number of carbonyl (C=O) groups is 6. The van der Waals surface area contributed by atoms with Crippen LogP contribution >= 0.6 is 0 Å². The van der Waals surface area contributed by atoms with Crippen molar-refractivity contribution in [2.24, 2.45) is 29.4 Å². The Hall–Kier alpha value is -3.96. The monoisotopic (exact) mass is 657 g/mol. The number of fused-ring (bicyclic) bond motifs is 1. The number of primary amides is 1. The van der Waals surface area contributed by atoms with Crippen molar-refractivity contribution in [2.75, 3.05) is 13.1 Å². The van der Waals surface area contributed by atoms with Crippen LogP contribution in [0, 0.1) is 23.7 Å². The molecule has 3 unspecified atom stereocenters. The number of benzene rings is 1. The number of amides is 5. The highest BCUT2D eigenvalue weighted by molar-refractivity contribution is 6.37. The standard InChI is InChI=1S/C28H37N5O7.C4H10.C3H8/c1-15-9-10-33(23(15)26(38)31-20(24(36)25(29)37)11-16-5-4-6-16)27(39)22(32-28(40)30-14-21(34)35)19-12-17-7-2-3-8-18(17)13-19;1-4(2)3;1-3-2/h2-3,7-8,15-16,19-20,22-23H,4-6,9-14H2,1H3,(H2,29,37)(H,31,38)(H,34,35)(H2,30,32,40);4H,1-3H3;3H2,1-2H3/t15-,20?,22?,23?;;/m0../s1. The maximum Gasteiger partial charge on any atom is 0.323 e. The molecule has 0 radical (unpaired) electrons. The summed E-state index contributed by atoms with van der Waals surface area (Å²) >= 11 is 0. The van der Waals surface area contributed by atoms with E-state index in [1.54, 1.807) is 0 Å². The van der Waals surface area contributed by atoms with Gasteiger partial charge in [0.15, 0.2) is 0 Å². The number of carbonyl (C=O) groups excluding carboxylic acids is 5. The first kappa shape index (κ1) is 39.2. The van der Waals surface area contributed by atoms with E-state index in [2.05, 4.69) is 50.6 Å². The van der Waals surface area contributed by atoms with E-state index >= 15 is 0 Å². The Morgan fingerprint density at radius 1 is 0.957 bits per heavy atom. The lowest BCUT2D eigenvalue weighted by Gasteiger charge is -2.34. The molecule has 1 saturated carbocycles. The summed E-state index contributed by atoms with van der Waals surface area (Å²) in [6, 6.07) is 3.97. The van der Waals surface area contributed by atoms with Gasteiger partial charge in [0.25, 0.3) is 5.91 Å². The number of urea groups is 1. The molecular formula is C35H55N5O7. The van der Waals surface area contributed by atoms with Crippen LogP contribution in [-0.4, -0.2) is 76.7 Å². The quantitative estimate of drug-likeness (QED) is 0.226. The Bertz CT molecular complexity index is 1220. The molecule has 6 N–H and O–H groups in total. The normalized spacial score (nSPS) is 19.9. The number of nitrogens with zero attached hydrogens (tertiary/aromatic N) is 1. The third-order valence-electron chi connectivity index (χ3n) is 8.43. The first-order chi connectivity index (χ1) is 22.2. The number of nitrogens with one attached hydrogen (secondary N) is 3. The maximum absolute atomic E-state index is 14.0. The van der Waals surface area contributed by atoms with E-state index in [1.807, 2.05) is 31.2 Å². The third kappa shape index (κ3) is 12.0. The maximum atomic E-state index is 14.0. The third-order valence-corrected chi connectivity index (χ3v) is 8.43. The molecule has 3 aliphatic rings. The number of likely N-dealkylation sites (tertiary alicyclic amines) is 1. The second-order valence-corrected chi connectivity index (χ2v) is 13.6. The van der Waals surface area contributed by atoms with Crippen LogP contribution in [0.15, 0.2) is 24.3 Å². The van der Waals surface area contributed by atoms with Crippen molar-refractivity contribution < 1.29 is 33.9 Å². The minimum atomic E-state index is -1.22. The van der Waals surface area contributed by atoms with Gasteiger partial charge >= 0.3 is 12.0 Å². The molecule has 0 aromatic heterocycles. The zero-order valence-electron chi connectivity index (χ0n) is 28.8. The zero-order valence-corrected chi connectivity index (χ0v) is 28.8. The Balaban J connectivity index is 0.00000100. The number of carboxylic acid groups (broad SMARTS) is 1. The van der Waals surface area contributed by atoms with Crippen LogP contribution in [0.1, 0.15) is 91.2 Å². The van der Waals surface area contributed by atoms with Crippen LogP contribution in [0.4, 0.5) is 4.79 Å². The van der Waals surface area contributed by atoms with Crippen LogP contribution in [0.25, 0.3) is 0 Å². The molecule has 2 fully saturated rings. The number of carboxylic acids is 1. The smallest absolute Gasteiger partial charge is 0.323 e. The highest BCUT2D eigenvalue weighted by Gasteiger charge is 2.45. The lowest BCUT2D eigenvalue weighted by Crippen LogP contribution is -2.59. The van der Waals surface area contributed by atoms with E-state index < -0.39 is 60.2 Å². The Morgan fingerprint density at radius 2 is 1.51 bits per heavy atom. The number of Topliss-reactive ketones (excluding diaryl/α,β-unsaturated/α-hetero) is 1. The Labute approximate surface area is 279 Å². The second kappa shape index (κ2) is 19.0. The van der Waals surface area contributed by atoms with Gasteiger partial charge in [0, 0.05) is 6.54 Å². The highest BCUT2D eigenvalue weighted by Crippen LogP contribution is 2.33. The van der Waals surface area contributed by atoms with E-state index in [-0.39, 0.29) is 24.3 Å². The molecule has 2 aliphatic carbocycles. The van der Waals surface area contributed by atoms with Gasteiger partial charge in [-0.25, -0.2) is 4.79 Å². The summed E-state index contributed by atoms with van der Waals surface area (Å²) in [5, 5.41) is 16.5. The SMILES string of the molecule is CC(C)C.CCC.C[C@H]1CCN(C(=O)C(NC(=O)NCC(=O)O)C2Cc3ccccc3C2)C1C(=O)NC(CC1CCC1)C(=O)C(N)=O. The van der Waals surface area contributed by atoms with Crippen molar-refractivity contribution in [1.82, 2.24) is 20.9 Å². The Morgan fingerprint density at radius 3 is 1.98 bits per heavy atom. The Kier molecular flexibility index (Phi) is 15.9. The van der Waals surface area contributed by atoms with Crippen molar-refractivity contribution in [3.8, 4) is 0 Å². The van der Waals surface area contributed by atoms with Crippen LogP contribution < -0.4 is 21.7 Å². The minimum Gasteiger partial charge on any atom is -0.480 e. The predicted octanol–water partition coefficient (Wildman–Crippen LogP) is 3.20. The van der Waals surface area contributed by atoms with Crippen molar-refractivity contribution in [2.45, 2.75) is 111 Å². The van der Waals surface area contributed by atoms with Gasteiger partial charge < -0.3 is 31.7 Å². The molecular weight excluding hydrogens is 602 g/mol. The highest BCUT2D eigenvalue weighted by atomic mass is 16.4. The minimum absolute atomic E-state index is 0.217. The average Bonchev–Trinajstić information content (AvgIpc) is 3.58. The zero-order chi connectivity index (χ0) is 35.3. The molecule has 1 aromatic rings. The van der Waals surface area contributed by atoms with Crippen LogP contribution in [0.5, 0.6) is 0 Å². The molecule has 1 saturated heterocycles. The second-order valence-electron chi connectivity index (χ2n) is 13.6. The molecule has 47 heavy (non-hydrogen) atoms. The van der Waals surface area contributed by atoms with Crippen LogP contribution in [0.3, 0.4) is 0 Å². The lowest BCUT2D eigenvalue weighted by molar-refractivity contribution is -0.143. The van der Waals surface area contributed by atoms with E-state index in [0.29, 0.717) is 25.7 Å². The van der Waals surface area contributed by atoms with Gasteiger partial charge in [-0.05, 0) is 60.5 Å². The molecule has 0 bridgehead atoms. The molecule has 262 valence electrons. The summed E-state index contributed by atoms with van der Waals surface area (Å²) in [4.78, 5) is 76.7. The van der Waals surface area contributed by atoms with Crippen molar-refractivity contribution in [1.29, 1.82) is 0 Å². The molecule has 5 amide bonds. The fraction of sp³-hybridized carbons (Fsp3) is 0.657. The number of hydrogen-bond donors (Lipinski definition) is 5. The lowest BCUT2D eigenvalue weighted by atomic mass is 9.80. The summed E-state index contributed by atoms with van der Waals surface area (Å²) < 4.78 is 0. The molecule has 4 atom stereocenters. The van der Waals surface area contributed by atoms with Gasteiger partial charge in [0.2, 0.25) is 17.6 Å². The summed E-state index contributed by atoms with van der Waals surface area (Å²) in [6.45, 7) is 12.2. The summed E-state index contributed by atoms with van der Waals surface area (Å²) in [5.41, 5.74) is 7.37. The molecule has 1 aromatic carbocycles. The summed E-state index contributed by atoms with van der Waals surface area (Å²) in [6.07, 6.45) is 6.00. The molecule has 12 heteroatoms. The first-order valence-electron chi connectivity index (χ1n) is 17.0. The topological polar surface area (TPSA) is 188 Å². The summed E-state index contributed by atoms with van der Waals surface area (Å²) in [7, 11) is 0. The molecule has 1 heterocycles. The first-order valence-corrected chi connectivity index (χ1v) is 17.0. The van der Waals surface area contributed by atoms with E-state index in [4.69, 9.17) is 10.8 Å². The van der Waals surface area contributed by atoms with E-state index in [0.717, 1.165) is 36.3 Å². The summed E-state index contributed by atoms with van der Waals surface area (Å²) in [5.74, 6) is -3.68. The predicted molar refractivity (Wildman–Crippen MR) is 179 cm³/mol. The van der Waals surface area contributed by atoms with Crippen LogP contribution in [0.2, 0.25) is 0 Å².